The van der Waals surface area contributed by atoms with Crippen molar-refractivity contribution in [2.45, 2.75) is 6.92 Å². The third kappa shape index (κ3) is 1.91. The Labute approximate surface area is 36.1 Å². The molecule has 0 saturated heterocycles. The highest BCUT2D eigenvalue weighted by atomic mass is 19.1. The van der Waals surface area contributed by atoms with Gasteiger partial charge in [0.25, 0.3) is 0 Å². The molecule has 0 atom stereocenters. The third-order valence-electron chi connectivity index (χ3n) is 0.464. The Hall–Kier alpha value is -0.370. The van der Waals surface area contributed by atoms with Gasteiger partial charge in [-0.3, -0.25) is 0 Å². The predicted molar refractivity (Wildman–Crippen MR) is 22.0 cm³/mol. The second kappa shape index (κ2) is 2.85. The molecule has 36 valence electrons. The lowest BCUT2D eigenvalue weighted by molar-refractivity contribution is 0.298. The zero-order valence-corrected chi connectivity index (χ0v) is 3.61. The maximum Gasteiger partial charge on any atom is 0.121 e. The summed E-state index contributed by atoms with van der Waals surface area (Å²) < 4.78 is 11.5. The Bertz CT molecular complexity index is 58.6. The summed E-state index contributed by atoms with van der Waals surface area (Å²) in [6, 6.07) is 0. The van der Waals surface area contributed by atoms with Crippen molar-refractivity contribution in [3.05, 3.63) is 11.9 Å². The van der Waals surface area contributed by atoms with Gasteiger partial charge in [-0.05, 0) is 6.92 Å². The van der Waals surface area contributed by atoms with Gasteiger partial charge >= 0.3 is 0 Å². The van der Waals surface area contributed by atoms with E-state index in [4.69, 9.17) is 5.11 Å². The fraction of sp³-hybridized carbons (Fsp3) is 0.500. The van der Waals surface area contributed by atoms with Gasteiger partial charge in [0.15, 0.2) is 0 Å². The monoisotopic (exact) mass is 90.0 g/mol. The summed E-state index contributed by atoms with van der Waals surface area (Å²) in [7, 11) is 0. The van der Waals surface area contributed by atoms with E-state index in [9.17, 15) is 4.39 Å². The number of aliphatic hydroxyl groups excluding tert-OH is 1. The van der Waals surface area contributed by atoms with Crippen LogP contribution in [0.3, 0.4) is 0 Å². The van der Waals surface area contributed by atoms with Gasteiger partial charge in [-0.25, -0.2) is 4.39 Å². The molecule has 0 saturated carbocycles. The molecule has 0 heterocycles. The molecule has 0 amide bonds. The fourth-order valence-electron chi connectivity index (χ4n) is 0.0913. The molecule has 0 aromatic rings. The number of hydrogen-bond donors (Lipinski definition) is 1. The van der Waals surface area contributed by atoms with E-state index in [0.29, 0.717) is 0 Å². The largest absolute Gasteiger partial charge is 0.389 e. The number of aliphatic hydroxyl groups is 1. The minimum absolute atomic E-state index is 0.476. The average Bonchev–Trinajstić information content (AvgIpc) is 1.65. The van der Waals surface area contributed by atoms with E-state index in [2.05, 4.69) is 0 Å². The molecule has 1 N–H and O–H groups in total. The van der Waals surface area contributed by atoms with E-state index in [1.165, 1.54) is 13.0 Å². The first kappa shape index (κ1) is 5.63. The lowest BCUT2D eigenvalue weighted by Gasteiger charge is -1.79. The second-order valence-corrected chi connectivity index (χ2v) is 0.894. The van der Waals surface area contributed by atoms with Crippen LogP contribution in [0.25, 0.3) is 0 Å². The highest BCUT2D eigenvalue weighted by Crippen LogP contribution is 1.89. The third-order valence-corrected chi connectivity index (χ3v) is 0.464. The van der Waals surface area contributed by atoms with Crippen LogP contribution >= 0.6 is 0 Å². The molecular weight excluding hydrogens is 83.0 g/mol. The van der Waals surface area contributed by atoms with E-state index in [0.717, 1.165) is 0 Å². The molecule has 0 bridgehead atoms. The summed E-state index contributed by atoms with van der Waals surface area (Å²) >= 11 is 0. The Balaban J connectivity index is 3.22. The molecule has 0 aliphatic carbocycles. The van der Waals surface area contributed by atoms with Crippen LogP contribution in [0.1, 0.15) is 6.92 Å². The summed E-state index contributed by atoms with van der Waals surface area (Å²) in [5.74, 6) is -0.477. The maximum atomic E-state index is 11.5. The Kier molecular flexibility index (Phi) is 2.67. The van der Waals surface area contributed by atoms with Gasteiger partial charge in [0.05, 0.1) is 6.61 Å². The van der Waals surface area contributed by atoms with Crippen molar-refractivity contribution >= 4 is 0 Å². The Morgan fingerprint density at radius 1 is 2.00 bits per heavy atom. The summed E-state index contributed by atoms with van der Waals surface area (Å²) in [5, 5.41) is 7.89. The smallest absolute Gasteiger partial charge is 0.121 e. The summed E-state index contributed by atoms with van der Waals surface area (Å²) in [6.45, 7) is 1.06. The van der Waals surface area contributed by atoms with Gasteiger partial charge in [0, 0.05) is 0 Å². The molecule has 0 unspecified atom stereocenters. The number of halogens is 1. The number of hydrogen-bond acceptors (Lipinski definition) is 1. The van der Waals surface area contributed by atoms with Gasteiger partial charge in [0.2, 0.25) is 0 Å². The molecular formula is C4H7FO. The lowest BCUT2D eigenvalue weighted by atomic mass is 10.5. The second-order valence-electron chi connectivity index (χ2n) is 0.894. The normalized spacial score (nSPS) is 12.2. The van der Waals surface area contributed by atoms with Crippen molar-refractivity contribution in [3.8, 4) is 0 Å². The first-order chi connectivity index (χ1) is 2.81. The molecule has 0 aliphatic heterocycles. The molecule has 2 heteroatoms. The van der Waals surface area contributed by atoms with Crippen molar-refractivity contribution in [1.82, 2.24) is 0 Å². The molecule has 0 spiro atoms. The predicted octanol–water partition coefficient (Wildman–Crippen LogP) is 0.852. The van der Waals surface area contributed by atoms with E-state index in [1.807, 2.05) is 0 Å². The van der Waals surface area contributed by atoms with Gasteiger partial charge < -0.3 is 5.11 Å². The molecule has 0 aromatic heterocycles. The van der Waals surface area contributed by atoms with Crippen molar-refractivity contribution in [1.29, 1.82) is 0 Å². The minimum atomic E-state index is -0.477. The molecule has 0 aliphatic rings. The standard InChI is InChI=1S/C4H7FO/c1-2-4(5)3-6/h2,6H,3H2,1H3. The highest BCUT2D eigenvalue weighted by molar-refractivity contribution is 4.86. The van der Waals surface area contributed by atoms with Crippen LogP contribution in [0.15, 0.2) is 11.9 Å². The molecule has 1 nitrogen and oxygen atoms in total. The highest BCUT2D eigenvalue weighted by Gasteiger charge is 1.80. The average molecular weight is 90.1 g/mol. The van der Waals surface area contributed by atoms with Crippen LogP contribution in [0.4, 0.5) is 4.39 Å². The van der Waals surface area contributed by atoms with E-state index in [-0.39, 0.29) is 0 Å². The van der Waals surface area contributed by atoms with E-state index >= 15 is 0 Å². The van der Waals surface area contributed by atoms with Crippen LogP contribution < -0.4 is 0 Å². The van der Waals surface area contributed by atoms with Crippen molar-refractivity contribution in [2.75, 3.05) is 6.61 Å². The van der Waals surface area contributed by atoms with Gasteiger partial charge in [0.1, 0.15) is 5.83 Å². The molecule has 6 heavy (non-hydrogen) atoms. The van der Waals surface area contributed by atoms with Crippen molar-refractivity contribution < 1.29 is 9.50 Å². The van der Waals surface area contributed by atoms with Crippen LogP contribution in [-0.4, -0.2) is 11.7 Å². The Morgan fingerprint density at radius 2 is 2.50 bits per heavy atom. The summed E-state index contributed by atoms with van der Waals surface area (Å²) in [4.78, 5) is 0. The van der Waals surface area contributed by atoms with Gasteiger partial charge in [-0.2, -0.15) is 0 Å². The zero-order chi connectivity index (χ0) is 4.99. The van der Waals surface area contributed by atoms with Crippen LogP contribution in [0.5, 0.6) is 0 Å². The quantitative estimate of drug-likeness (QED) is 0.506. The van der Waals surface area contributed by atoms with Crippen LogP contribution in [-0.2, 0) is 0 Å². The van der Waals surface area contributed by atoms with Crippen molar-refractivity contribution in [3.63, 3.8) is 0 Å². The topological polar surface area (TPSA) is 20.2 Å². The zero-order valence-electron chi connectivity index (χ0n) is 3.61. The van der Waals surface area contributed by atoms with Crippen molar-refractivity contribution in [2.24, 2.45) is 0 Å². The SMILES string of the molecule is CC=C(F)CO. The fourth-order valence-corrected chi connectivity index (χ4v) is 0.0913. The van der Waals surface area contributed by atoms with Gasteiger partial charge in [-0.15, -0.1) is 0 Å². The van der Waals surface area contributed by atoms with Crippen LogP contribution in [0, 0.1) is 0 Å². The molecule has 0 fully saturated rings. The number of rotatable bonds is 1. The first-order valence-electron chi connectivity index (χ1n) is 1.72. The molecule has 0 radical (unpaired) electrons. The summed E-state index contributed by atoms with van der Waals surface area (Å²) in [6.07, 6.45) is 1.22. The minimum Gasteiger partial charge on any atom is -0.389 e. The summed E-state index contributed by atoms with van der Waals surface area (Å²) in [5.41, 5.74) is 0. The maximum absolute atomic E-state index is 11.5. The van der Waals surface area contributed by atoms with E-state index < -0.39 is 12.4 Å². The molecule has 0 aromatic carbocycles. The number of allylic oxidation sites excluding steroid dienone is 1. The first-order valence-corrected chi connectivity index (χ1v) is 1.72. The van der Waals surface area contributed by atoms with Gasteiger partial charge in [-0.1, -0.05) is 6.08 Å². The molecule has 0 rings (SSSR count). The lowest BCUT2D eigenvalue weighted by Crippen LogP contribution is -1.77. The van der Waals surface area contributed by atoms with E-state index in [1.54, 1.807) is 0 Å². The van der Waals surface area contributed by atoms with Crippen LogP contribution in [0.2, 0.25) is 0 Å². The Morgan fingerprint density at radius 3 is 2.50 bits per heavy atom.